The van der Waals surface area contributed by atoms with Crippen LogP contribution in [0.2, 0.25) is 0 Å². The number of H-pyrrole nitrogens is 1. The van der Waals surface area contributed by atoms with Crippen molar-refractivity contribution < 1.29 is 13.2 Å². The molecule has 300 valence electrons. The number of fused-ring (bicyclic) bond motifs is 4. The summed E-state index contributed by atoms with van der Waals surface area (Å²) in [5.74, 6) is -0.829. The molecule has 3 atom stereocenters. The van der Waals surface area contributed by atoms with Gasteiger partial charge in [-0.2, -0.15) is 15.3 Å². The number of anilines is 3. The van der Waals surface area contributed by atoms with E-state index in [4.69, 9.17) is 5.73 Å². The zero-order valence-electron chi connectivity index (χ0n) is 33.4. The van der Waals surface area contributed by atoms with Gasteiger partial charge in [-0.3, -0.25) is 9.58 Å². The monoisotopic (exact) mass is 790 g/mol. The molecule has 0 amide bonds. The van der Waals surface area contributed by atoms with E-state index in [1.807, 2.05) is 56.6 Å². The average molecular weight is 791 g/mol. The zero-order chi connectivity index (χ0) is 40.5. The number of aryl methyl sites for hydroxylation is 2. The second-order valence-corrected chi connectivity index (χ2v) is 15.8. The van der Waals surface area contributed by atoms with Crippen molar-refractivity contribution in [2.75, 3.05) is 55.3 Å². The molecule has 4 aliphatic heterocycles. The van der Waals surface area contributed by atoms with Crippen LogP contribution in [0.1, 0.15) is 77.1 Å². The minimum atomic E-state index is -0.678. The summed E-state index contributed by atoms with van der Waals surface area (Å²) < 4.78 is 46.3. The predicted octanol–water partition coefficient (Wildman–Crippen LogP) is 7.50. The lowest BCUT2D eigenvalue weighted by atomic mass is 9.93. The molecule has 2 unspecified atom stereocenters. The van der Waals surface area contributed by atoms with Crippen LogP contribution in [0.4, 0.5) is 29.7 Å². The van der Waals surface area contributed by atoms with Gasteiger partial charge in [0.15, 0.2) is 5.82 Å². The molecule has 0 bridgehead atoms. The molecular formula is C41H53F3N10OS. The van der Waals surface area contributed by atoms with Crippen molar-refractivity contribution in [2.45, 2.75) is 98.1 Å². The number of hydrogen-bond donors (Lipinski definition) is 3. The summed E-state index contributed by atoms with van der Waals surface area (Å²) in [6, 6.07) is 6.98. The summed E-state index contributed by atoms with van der Waals surface area (Å²) in [4.78, 5) is 26.3. The zero-order valence-corrected chi connectivity index (χ0v) is 34.2. The first-order chi connectivity index (χ1) is 27.0. The van der Waals surface area contributed by atoms with Gasteiger partial charge >= 0.3 is 5.69 Å². The van der Waals surface area contributed by atoms with Gasteiger partial charge in [-0.1, -0.05) is 33.8 Å². The van der Waals surface area contributed by atoms with Crippen LogP contribution in [0.3, 0.4) is 0 Å². The number of benzene rings is 2. The summed E-state index contributed by atoms with van der Waals surface area (Å²) in [6.45, 7) is 17.4. The molecule has 9 rings (SSSR count). The van der Waals surface area contributed by atoms with E-state index in [0.717, 1.165) is 55.2 Å². The lowest BCUT2D eigenvalue weighted by molar-refractivity contribution is 0.217. The predicted molar refractivity (Wildman–Crippen MR) is 221 cm³/mol. The first-order valence-corrected chi connectivity index (χ1v) is 20.5. The van der Waals surface area contributed by atoms with Gasteiger partial charge in [-0.15, -0.1) is 11.3 Å². The average Bonchev–Trinajstić information content (AvgIpc) is 3.60. The Morgan fingerprint density at radius 1 is 1.16 bits per heavy atom. The number of aromatic nitrogens is 4. The number of nitrogens with one attached hydrogen (secondary N) is 2. The third-order valence-corrected chi connectivity index (χ3v) is 12.1. The molecule has 2 aromatic carbocycles. The molecule has 0 saturated carbocycles. The van der Waals surface area contributed by atoms with Crippen molar-refractivity contribution >= 4 is 48.8 Å². The van der Waals surface area contributed by atoms with Crippen LogP contribution in [0, 0.1) is 29.9 Å². The molecule has 5 aromatic rings. The first-order valence-electron chi connectivity index (χ1n) is 19.7. The highest BCUT2D eigenvalue weighted by Crippen LogP contribution is 2.44. The first kappa shape index (κ1) is 41.0. The largest absolute Gasteiger partial charge is 0.389 e. The molecule has 15 heteroatoms. The molecule has 0 radical (unpaired) electrons. The lowest BCUT2D eigenvalue weighted by Gasteiger charge is -2.25. The van der Waals surface area contributed by atoms with E-state index in [1.54, 1.807) is 13.0 Å². The summed E-state index contributed by atoms with van der Waals surface area (Å²) in [7, 11) is 2.04. The molecule has 0 spiro atoms. The molecule has 3 fully saturated rings. The fraction of sp³-hybridized carbons (Fsp3) is 0.512. The van der Waals surface area contributed by atoms with Crippen LogP contribution >= 0.6 is 11.3 Å². The molecule has 3 saturated heterocycles. The summed E-state index contributed by atoms with van der Waals surface area (Å²) >= 11 is 0.954. The van der Waals surface area contributed by atoms with E-state index in [0.29, 0.717) is 54.6 Å². The van der Waals surface area contributed by atoms with Gasteiger partial charge < -0.3 is 25.8 Å². The molecule has 11 nitrogen and oxygen atoms in total. The van der Waals surface area contributed by atoms with Crippen LogP contribution < -0.4 is 26.5 Å². The summed E-state index contributed by atoms with van der Waals surface area (Å²) in [6.07, 6.45) is 5.33. The highest BCUT2D eigenvalue weighted by Gasteiger charge is 2.44. The Hall–Kier alpha value is -4.65. The number of halogens is 3. The maximum atomic E-state index is 16.5. The summed E-state index contributed by atoms with van der Waals surface area (Å²) in [5, 5.41) is 18.6. The van der Waals surface area contributed by atoms with Crippen molar-refractivity contribution in [1.82, 2.24) is 30.0 Å². The highest BCUT2D eigenvalue weighted by atomic mass is 32.1. The van der Waals surface area contributed by atoms with Crippen molar-refractivity contribution in [3.8, 4) is 17.2 Å². The van der Waals surface area contributed by atoms with Gasteiger partial charge in [0.2, 0.25) is 0 Å². The second kappa shape index (κ2) is 16.8. The number of nitrogens with zero attached hydrogens (tertiary/aromatic N) is 7. The van der Waals surface area contributed by atoms with Gasteiger partial charge in [0, 0.05) is 67.7 Å². The van der Waals surface area contributed by atoms with Crippen molar-refractivity contribution in [3.05, 3.63) is 63.3 Å². The number of nitrogen functional groups attached to an aromatic ring is 1. The quantitative estimate of drug-likeness (QED) is 0.154. The fourth-order valence-corrected chi connectivity index (χ4v) is 9.37. The third kappa shape index (κ3) is 7.71. The van der Waals surface area contributed by atoms with Crippen LogP contribution in [0.15, 0.2) is 29.2 Å². The van der Waals surface area contributed by atoms with E-state index < -0.39 is 23.5 Å². The number of rotatable bonds is 5. The molecule has 4 N–H and O–H groups in total. The van der Waals surface area contributed by atoms with Crippen LogP contribution in [-0.2, 0) is 13.1 Å². The van der Waals surface area contributed by atoms with Crippen LogP contribution in [0.5, 0.6) is 0 Å². The van der Waals surface area contributed by atoms with E-state index in [2.05, 4.69) is 37.1 Å². The van der Waals surface area contributed by atoms with Gasteiger partial charge in [-0.05, 0) is 69.3 Å². The van der Waals surface area contributed by atoms with E-state index in [-0.39, 0.29) is 37.3 Å². The molecule has 7 heterocycles. The highest BCUT2D eigenvalue weighted by molar-refractivity contribution is 7.23. The third-order valence-electron chi connectivity index (χ3n) is 11.1. The van der Waals surface area contributed by atoms with Gasteiger partial charge in [0.25, 0.3) is 0 Å². The Morgan fingerprint density at radius 3 is 2.61 bits per heavy atom. The number of thiophene rings is 1. The minimum absolute atomic E-state index is 0.000289. The maximum Gasteiger partial charge on any atom is 0.347 e. The number of nitriles is 1. The molecule has 4 aliphatic rings. The fourth-order valence-electron chi connectivity index (χ4n) is 8.42. The van der Waals surface area contributed by atoms with Gasteiger partial charge in [0.05, 0.1) is 39.9 Å². The van der Waals surface area contributed by atoms with Gasteiger partial charge in [0.1, 0.15) is 28.9 Å². The SMILES string of the molecule is CC.CC.C[C@@]12CCCN1CC(F)C2.Cc1cc2c(N3CCCn4ncc(N(C)CC5CN5)c4C3)nc(=O)[nH]c2c(F)c1-c1ccc(F)c2sc(N)c(C#N)c12. The van der Waals surface area contributed by atoms with Gasteiger partial charge in [-0.25, -0.2) is 18.0 Å². The van der Waals surface area contributed by atoms with Crippen LogP contribution in [-0.4, -0.2) is 82.2 Å². The smallest absolute Gasteiger partial charge is 0.347 e. The Morgan fingerprint density at radius 2 is 1.91 bits per heavy atom. The van der Waals surface area contributed by atoms with Crippen molar-refractivity contribution in [3.63, 3.8) is 0 Å². The van der Waals surface area contributed by atoms with E-state index in [1.165, 1.54) is 25.0 Å². The van der Waals surface area contributed by atoms with Crippen molar-refractivity contribution in [1.29, 1.82) is 5.26 Å². The normalized spacial score (nSPS) is 21.1. The molecular weight excluding hydrogens is 738 g/mol. The van der Waals surface area contributed by atoms with Crippen molar-refractivity contribution in [2.24, 2.45) is 0 Å². The summed E-state index contributed by atoms with van der Waals surface area (Å²) in [5.41, 5.74) is 8.76. The minimum Gasteiger partial charge on any atom is -0.389 e. The Bertz CT molecular complexity index is 2310. The number of alkyl halides is 1. The van der Waals surface area contributed by atoms with E-state index in [9.17, 15) is 18.8 Å². The maximum absolute atomic E-state index is 16.5. The standard InChI is InChI=1S/C29H27F2N9OS.C8H14FN.2C2H6/c1-14-8-17-25(24(31)22(14)16-4-5-19(30)26-23(16)18(9-32)27(33)42-26)36-29(41)37-28(17)39-6-3-7-40-21(13-39)20(11-35-40)38(2)12-15-10-34-15;1-8-3-2-4-10(8)6-7(9)5-8;2*1-2/h4-5,8,11,15,34H,3,6-7,10,12-13,33H2,1-2H3,(H,36,37,41);7H,2-6H2,1H3;2*1-2H3/t;7?,8-;;/m.0../s1. The Kier molecular flexibility index (Phi) is 12.3. The Balaban J connectivity index is 0.000000323. The van der Waals surface area contributed by atoms with E-state index >= 15 is 4.39 Å². The number of hydrogen-bond acceptors (Lipinski definition) is 10. The number of aromatic amines is 1. The Labute approximate surface area is 330 Å². The molecule has 3 aromatic heterocycles. The molecule has 0 aliphatic carbocycles. The second-order valence-electron chi connectivity index (χ2n) is 14.7. The lowest BCUT2D eigenvalue weighted by Crippen LogP contribution is -2.34. The molecule has 56 heavy (non-hydrogen) atoms. The topological polar surface area (TPSA) is 145 Å². The number of likely N-dealkylation sites (N-methyl/N-ethyl adjacent to an activating group) is 1. The van der Waals surface area contributed by atoms with Crippen LogP contribution in [0.25, 0.3) is 32.1 Å². The number of nitrogens with two attached hydrogens (primary N) is 1.